The summed E-state index contributed by atoms with van der Waals surface area (Å²) in [4.78, 5) is 2.53. The molecule has 3 unspecified atom stereocenters. The molecule has 1 saturated heterocycles. The molecule has 15 heavy (non-hydrogen) atoms. The zero-order chi connectivity index (χ0) is 10.7. The molecule has 2 fully saturated rings. The second kappa shape index (κ2) is 5.28. The third-order valence-corrected chi connectivity index (χ3v) is 3.97. The molecule has 88 valence electrons. The summed E-state index contributed by atoms with van der Waals surface area (Å²) in [6.45, 7) is 6.10. The summed E-state index contributed by atoms with van der Waals surface area (Å²) in [6.07, 6.45) is 4.34. The molecular formula is C12H23NO2. The molecule has 1 aliphatic heterocycles. The van der Waals surface area contributed by atoms with Crippen LogP contribution in [-0.2, 0) is 4.74 Å². The average molecular weight is 213 g/mol. The predicted molar refractivity (Wildman–Crippen MR) is 59.8 cm³/mol. The number of rotatable bonds is 2. The van der Waals surface area contributed by atoms with Crippen LogP contribution in [0, 0.1) is 5.92 Å². The zero-order valence-corrected chi connectivity index (χ0v) is 9.69. The molecule has 1 aliphatic carbocycles. The van der Waals surface area contributed by atoms with Crippen molar-refractivity contribution in [2.75, 3.05) is 26.3 Å². The maximum absolute atomic E-state index is 9.77. The molecule has 0 radical (unpaired) electrons. The van der Waals surface area contributed by atoms with Crippen LogP contribution in [0.2, 0.25) is 0 Å². The molecule has 2 rings (SSSR count). The zero-order valence-electron chi connectivity index (χ0n) is 9.69. The Labute approximate surface area is 92.4 Å². The number of aliphatic hydroxyl groups is 1. The Kier molecular flexibility index (Phi) is 4.00. The van der Waals surface area contributed by atoms with Gasteiger partial charge in [0.2, 0.25) is 0 Å². The highest BCUT2D eigenvalue weighted by atomic mass is 16.5. The average Bonchev–Trinajstić information content (AvgIpc) is 2.30. The molecule has 1 saturated carbocycles. The predicted octanol–water partition coefficient (Wildman–Crippen LogP) is 1.26. The molecule has 0 spiro atoms. The minimum absolute atomic E-state index is 0.0688. The number of nitrogens with zero attached hydrogens (tertiary/aromatic N) is 1. The summed E-state index contributed by atoms with van der Waals surface area (Å²) in [7, 11) is 0. The largest absolute Gasteiger partial charge is 0.393 e. The van der Waals surface area contributed by atoms with Crippen LogP contribution in [0.5, 0.6) is 0 Å². The van der Waals surface area contributed by atoms with Crippen LogP contribution in [0.15, 0.2) is 0 Å². The van der Waals surface area contributed by atoms with Crippen LogP contribution >= 0.6 is 0 Å². The number of hydrogen-bond acceptors (Lipinski definition) is 3. The van der Waals surface area contributed by atoms with Gasteiger partial charge in [-0.15, -0.1) is 0 Å². The summed E-state index contributed by atoms with van der Waals surface area (Å²) >= 11 is 0. The van der Waals surface area contributed by atoms with Crippen LogP contribution in [0.1, 0.15) is 32.6 Å². The van der Waals surface area contributed by atoms with E-state index >= 15 is 0 Å². The van der Waals surface area contributed by atoms with Crippen molar-refractivity contribution in [3.05, 3.63) is 0 Å². The minimum atomic E-state index is -0.0688. The topological polar surface area (TPSA) is 32.7 Å². The molecule has 3 atom stereocenters. The van der Waals surface area contributed by atoms with Gasteiger partial charge in [0.1, 0.15) is 0 Å². The quantitative estimate of drug-likeness (QED) is 0.749. The third kappa shape index (κ3) is 2.71. The first-order chi connectivity index (χ1) is 7.31. The van der Waals surface area contributed by atoms with Gasteiger partial charge in [-0.05, 0) is 25.2 Å². The van der Waals surface area contributed by atoms with Crippen molar-refractivity contribution in [1.82, 2.24) is 4.90 Å². The van der Waals surface area contributed by atoms with Crippen molar-refractivity contribution < 1.29 is 9.84 Å². The molecule has 3 nitrogen and oxygen atoms in total. The van der Waals surface area contributed by atoms with Crippen LogP contribution < -0.4 is 0 Å². The van der Waals surface area contributed by atoms with Gasteiger partial charge in [-0.1, -0.05) is 13.3 Å². The van der Waals surface area contributed by atoms with E-state index in [0.29, 0.717) is 6.04 Å². The van der Waals surface area contributed by atoms with Crippen LogP contribution in [0.4, 0.5) is 0 Å². The van der Waals surface area contributed by atoms with E-state index in [4.69, 9.17) is 4.74 Å². The monoisotopic (exact) mass is 213 g/mol. The Hall–Kier alpha value is -0.120. The highest BCUT2D eigenvalue weighted by Crippen LogP contribution is 2.31. The Morgan fingerprint density at radius 1 is 1.27 bits per heavy atom. The van der Waals surface area contributed by atoms with E-state index in [1.807, 2.05) is 0 Å². The molecule has 0 aromatic heterocycles. The van der Waals surface area contributed by atoms with Crippen molar-refractivity contribution in [2.45, 2.75) is 44.8 Å². The third-order valence-electron chi connectivity index (χ3n) is 3.97. The van der Waals surface area contributed by atoms with Crippen LogP contribution in [-0.4, -0.2) is 48.5 Å². The molecule has 1 N–H and O–H groups in total. The fourth-order valence-electron chi connectivity index (χ4n) is 3.02. The second-order valence-electron chi connectivity index (χ2n) is 4.85. The Morgan fingerprint density at radius 2 is 2.00 bits per heavy atom. The van der Waals surface area contributed by atoms with Gasteiger partial charge in [0.05, 0.1) is 19.3 Å². The highest BCUT2D eigenvalue weighted by molar-refractivity contribution is 4.87. The lowest BCUT2D eigenvalue weighted by Crippen LogP contribution is -2.50. The smallest absolute Gasteiger partial charge is 0.0594 e. The molecule has 3 heteroatoms. The van der Waals surface area contributed by atoms with Gasteiger partial charge in [0.15, 0.2) is 0 Å². The number of ether oxygens (including phenoxy) is 1. The lowest BCUT2D eigenvalue weighted by Gasteiger charge is -2.42. The van der Waals surface area contributed by atoms with Crippen molar-refractivity contribution in [1.29, 1.82) is 0 Å². The normalized spacial score (nSPS) is 39.2. The van der Waals surface area contributed by atoms with Crippen molar-refractivity contribution >= 4 is 0 Å². The number of aliphatic hydroxyl groups excluding tert-OH is 1. The van der Waals surface area contributed by atoms with Crippen LogP contribution in [0.25, 0.3) is 0 Å². The highest BCUT2D eigenvalue weighted by Gasteiger charge is 2.33. The maximum atomic E-state index is 9.77. The first-order valence-electron chi connectivity index (χ1n) is 6.31. The summed E-state index contributed by atoms with van der Waals surface area (Å²) in [6, 6.07) is 0.600. The van der Waals surface area contributed by atoms with Gasteiger partial charge in [0.25, 0.3) is 0 Å². The number of morpholine rings is 1. The van der Waals surface area contributed by atoms with Gasteiger partial charge in [-0.2, -0.15) is 0 Å². The Morgan fingerprint density at radius 3 is 2.67 bits per heavy atom. The van der Waals surface area contributed by atoms with Crippen molar-refractivity contribution in [3.63, 3.8) is 0 Å². The van der Waals surface area contributed by atoms with E-state index < -0.39 is 0 Å². The van der Waals surface area contributed by atoms with Gasteiger partial charge < -0.3 is 9.84 Å². The molecule has 0 aromatic carbocycles. The van der Waals surface area contributed by atoms with Gasteiger partial charge in [-0.3, -0.25) is 4.90 Å². The molecule has 1 heterocycles. The maximum Gasteiger partial charge on any atom is 0.0594 e. The molecular weight excluding hydrogens is 190 g/mol. The van der Waals surface area contributed by atoms with E-state index in [1.54, 1.807) is 0 Å². The van der Waals surface area contributed by atoms with Crippen molar-refractivity contribution in [3.8, 4) is 0 Å². The first kappa shape index (κ1) is 11.4. The second-order valence-corrected chi connectivity index (χ2v) is 4.85. The summed E-state index contributed by atoms with van der Waals surface area (Å²) in [5.41, 5.74) is 0. The summed E-state index contributed by atoms with van der Waals surface area (Å²) < 4.78 is 5.38. The molecule has 2 aliphatic rings. The van der Waals surface area contributed by atoms with Gasteiger partial charge >= 0.3 is 0 Å². The van der Waals surface area contributed by atoms with Crippen LogP contribution in [0.3, 0.4) is 0 Å². The van der Waals surface area contributed by atoms with E-state index in [0.717, 1.165) is 45.1 Å². The molecule has 0 amide bonds. The van der Waals surface area contributed by atoms with Crippen molar-refractivity contribution in [2.24, 2.45) is 5.92 Å². The van der Waals surface area contributed by atoms with E-state index in [2.05, 4.69) is 11.8 Å². The SMILES string of the molecule is CCC1CCC(O)CC1N1CCOCC1. The molecule has 0 bridgehead atoms. The fourth-order valence-corrected chi connectivity index (χ4v) is 3.02. The standard InChI is InChI=1S/C12H23NO2/c1-2-10-3-4-11(14)9-12(10)13-5-7-15-8-6-13/h10-12,14H,2-9H2,1H3. The summed E-state index contributed by atoms with van der Waals surface area (Å²) in [5.74, 6) is 0.784. The van der Waals surface area contributed by atoms with Gasteiger partial charge in [0, 0.05) is 19.1 Å². The van der Waals surface area contributed by atoms with E-state index in [1.165, 1.54) is 12.8 Å². The minimum Gasteiger partial charge on any atom is -0.393 e. The fraction of sp³-hybridized carbons (Fsp3) is 1.00. The lowest BCUT2D eigenvalue weighted by molar-refractivity contribution is -0.0305. The lowest BCUT2D eigenvalue weighted by atomic mass is 9.80. The Bertz CT molecular complexity index is 192. The van der Waals surface area contributed by atoms with Gasteiger partial charge in [-0.25, -0.2) is 0 Å². The Balaban J connectivity index is 1.95. The molecule has 0 aromatic rings. The number of hydrogen-bond donors (Lipinski definition) is 1. The summed E-state index contributed by atoms with van der Waals surface area (Å²) in [5, 5.41) is 9.77. The first-order valence-corrected chi connectivity index (χ1v) is 6.31. The van der Waals surface area contributed by atoms with E-state index in [-0.39, 0.29) is 6.10 Å². The van der Waals surface area contributed by atoms with E-state index in [9.17, 15) is 5.11 Å².